The van der Waals surface area contributed by atoms with Gasteiger partial charge >= 0.3 is 12.0 Å². The van der Waals surface area contributed by atoms with E-state index in [0.717, 1.165) is 11.3 Å². The molecule has 0 aromatic heterocycles. The molecule has 11 heteroatoms. The molecule has 0 radical (unpaired) electrons. The van der Waals surface area contributed by atoms with Gasteiger partial charge < -0.3 is 24.1 Å². The maximum Gasteiger partial charge on any atom is 0.341 e. The zero-order valence-corrected chi connectivity index (χ0v) is 22.7. The van der Waals surface area contributed by atoms with Crippen molar-refractivity contribution in [1.29, 1.82) is 0 Å². The summed E-state index contributed by atoms with van der Waals surface area (Å²) < 4.78 is 22.2. The van der Waals surface area contributed by atoms with Crippen LogP contribution in [0.15, 0.2) is 48.6 Å². The summed E-state index contributed by atoms with van der Waals surface area (Å²) >= 11 is 0. The van der Waals surface area contributed by atoms with Crippen molar-refractivity contribution < 1.29 is 43.2 Å². The Bertz CT molecular complexity index is 1330. The van der Waals surface area contributed by atoms with E-state index in [2.05, 4.69) is 11.9 Å². The van der Waals surface area contributed by atoms with Gasteiger partial charge in [-0.3, -0.25) is 19.8 Å². The summed E-state index contributed by atoms with van der Waals surface area (Å²) in [5.41, 5.74) is 1.28. The quantitative estimate of drug-likeness (QED) is 0.204. The molecule has 1 fully saturated rings. The third-order valence-electron chi connectivity index (χ3n) is 5.69. The average molecular weight is 553 g/mol. The predicted molar refractivity (Wildman–Crippen MR) is 145 cm³/mol. The molecule has 1 aliphatic heterocycles. The molecule has 11 nitrogen and oxygen atoms in total. The van der Waals surface area contributed by atoms with Gasteiger partial charge in [-0.2, -0.15) is 0 Å². The van der Waals surface area contributed by atoms with Gasteiger partial charge in [0.05, 0.1) is 26.9 Å². The Kier molecular flexibility index (Phi) is 10.3. The van der Waals surface area contributed by atoms with Crippen LogP contribution in [0, 0.1) is 0 Å². The van der Waals surface area contributed by atoms with Crippen molar-refractivity contribution in [1.82, 2.24) is 10.2 Å². The first kappa shape index (κ1) is 29.8. The number of amides is 4. The fraction of sp³-hybridized carbons (Fsp3) is 0.310. The SMILES string of the molecule is C=CCc1cc(/C=C2\C(=O)NC(=O)N(Cc3ccc(OCCC)c(OC)c3)C2=O)cc(OCC)c1OCC(=O)O. The van der Waals surface area contributed by atoms with Crippen molar-refractivity contribution >= 4 is 29.9 Å². The largest absolute Gasteiger partial charge is 0.493 e. The number of aliphatic carboxylic acids is 1. The monoisotopic (exact) mass is 552 g/mol. The van der Waals surface area contributed by atoms with Crippen molar-refractivity contribution in [3.05, 3.63) is 65.3 Å². The normalized spacial score (nSPS) is 14.1. The van der Waals surface area contributed by atoms with Gasteiger partial charge in [0, 0.05) is 5.56 Å². The van der Waals surface area contributed by atoms with Crippen LogP contribution < -0.4 is 24.3 Å². The fourth-order valence-electron chi connectivity index (χ4n) is 3.96. The lowest BCUT2D eigenvalue weighted by Gasteiger charge is -2.26. The van der Waals surface area contributed by atoms with E-state index in [-0.39, 0.29) is 30.2 Å². The lowest BCUT2D eigenvalue weighted by molar-refractivity contribution is -0.139. The molecule has 0 bridgehead atoms. The highest BCUT2D eigenvalue weighted by molar-refractivity contribution is 6.31. The molecule has 3 rings (SSSR count). The zero-order chi connectivity index (χ0) is 29.2. The number of barbiturate groups is 1. The molecule has 4 amide bonds. The molecule has 1 heterocycles. The van der Waals surface area contributed by atoms with E-state index in [1.54, 1.807) is 37.3 Å². The highest BCUT2D eigenvalue weighted by Gasteiger charge is 2.36. The molecule has 1 saturated heterocycles. The number of carboxylic acid groups (broad SMARTS) is 1. The van der Waals surface area contributed by atoms with Crippen molar-refractivity contribution in [3.63, 3.8) is 0 Å². The molecular weight excluding hydrogens is 520 g/mol. The number of carboxylic acids is 1. The minimum Gasteiger partial charge on any atom is -0.493 e. The number of urea groups is 1. The van der Waals surface area contributed by atoms with Gasteiger partial charge in [-0.1, -0.05) is 19.1 Å². The summed E-state index contributed by atoms with van der Waals surface area (Å²) in [6, 6.07) is 7.38. The third kappa shape index (κ3) is 7.19. The molecule has 1 aliphatic rings. The Hall–Kier alpha value is -4.80. The fourth-order valence-corrected chi connectivity index (χ4v) is 3.96. The van der Waals surface area contributed by atoms with Crippen molar-refractivity contribution in [2.75, 3.05) is 26.9 Å². The minimum atomic E-state index is -1.16. The van der Waals surface area contributed by atoms with Gasteiger partial charge in [-0.05, 0) is 61.2 Å². The van der Waals surface area contributed by atoms with Crippen LogP contribution >= 0.6 is 0 Å². The van der Waals surface area contributed by atoms with Crippen LogP contribution in [-0.2, 0) is 27.3 Å². The number of carbonyl (C=O) groups excluding carboxylic acids is 3. The number of nitrogens with one attached hydrogen (secondary N) is 1. The number of imide groups is 2. The van der Waals surface area contributed by atoms with Gasteiger partial charge in [-0.15, -0.1) is 6.58 Å². The van der Waals surface area contributed by atoms with Gasteiger partial charge in [0.25, 0.3) is 11.8 Å². The lowest BCUT2D eigenvalue weighted by Crippen LogP contribution is -2.53. The Balaban J connectivity index is 1.96. The van der Waals surface area contributed by atoms with Gasteiger partial charge in [0.2, 0.25) is 0 Å². The summed E-state index contributed by atoms with van der Waals surface area (Å²) in [5.74, 6) is -1.34. The average Bonchev–Trinajstić information content (AvgIpc) is 2.92. The van der Waals surface area contributed by atoms with E-state index in [9.17, 15) is 19.2 Å². The van der Waals surface area contributed by atoms with Crippen LogP contribution in [0.1, 0.15) is 37.0 Å². The Morgan fingerprint density at radius 3 is 2.48 bits per heavy atom. The van der Waals surface area contributed by atoms with Crippen LogP contribution in [0.25, 0.3) is 6.08 Å². The van der Waals surface area contributed by atoms with Crippen LogP contribution in [0.4, 0.5) is 4.79 Å². The number of carbonyl (C=O) groups is 4. The summed E-state index contributed by atoms with van der Waals surface area (Å²) in [6.45, 7) is 7.51. The summed E-state index contributed by atoms with van der Waals surface area (Å²) in [5, 5.41) is 11.3. The van der Waals surface area contributed by atoms with E-state index in [1.165, 1.54) is 19.3 Å². The van der Waals surface area contributed by atoms with Gasteiger partial charge in [0.1, 0.15) is 5.57 Å². The number of hydrogen-bond donors (Lipinski definition) is 2. The highest BCUT2D eigenvalue weighted by atomic mass is 16.5. The second-order valence-electron chi connectivity index (χ2n) is 8.66. The number of benzene rings is 2. The van der Waals surface area contributed by atoms with Gasteiger partial charge in [-0.25, -0.2) is 9.59 Å². The van der Waals surface area contributed by atoms with E-state index < -0.39 is 30.4 Å². The number of nitrogens with zero attached hydrogens (tertiary/aromatic N) is 1. The van der Waals surface area contributed by atoms with Crippen LogP contribution in [-0.4, -0.2) is 60.8 Å². The molecule has 0 aliphatic carbocycles. The van der Waals surface area contributed by atoms with E-state index >= 15 is 0 Å². The first-order valence-corrected chi connectivity index (χ1v) is 12.7. The van der Waals surface area contributed by atoms with Crippen LogP contribution in [0.5, 0.6) is 23.0 Å². The lowest BCUT2D eigenvalue weighted by atomic mass is 10.0. The van der Waals surface area contributed by atoms with Crippen LogP contribution in [0.3, 0.4) is 0 Å². The van der Waals surface area contributed by atoms with Crippen molar-refractivity contribution in [2.24, 2.45) is 0 Å². The smallest absolute Gasteiger partial charge is 0.341 e. The summed E-state index contributed by atoms with van der Waals surface area (Å²) in [7, 11) is 1.49. The molecule has 40 heavy (non-hydrogen) atoms. The summed E-state index contributed by atoms with van der Waals surface area (Å²) in [6.07, 6.45) is 4.06. The molecular formula is C29H32N2O9. The van der Waals surface area contributed by atoms with Crippen molar-refractivity contribution in [2.45, 2.75) is 33.2 Å². The number of methoxy groups -OCH3 is 1. The van der Waals surface area contributed by atoms with Gasteiger partial charge in [0.15, 0.2) is 29.6 Å². The number of hydrogen-bond acceptors (Lipinski definition) is 8. The Labute approximate surface area is 232 Å². The van der Waals surface area contributed by atoms with E-state index in [4.69, 9.17) is 24.1 Å². The minimum absolute atomic E-state index is 0.117. The summed E-state index contributed by atoms with van der Waals surface area (Å²) in [4.78, 5) is 50.7. The molecule has 2 aromatic rings. The molecule has 212 valence electrons. The maximum absolute atomic E-state index is 13.4. The molecule has 2 N–H and O–H groups in total. The second kappa shape index (κ2) is 13.8. The van der Waals surface area contributed by atoms with E-state index in [0.29, 0.717) is 41.2 Å². The third-order valence-corrected chi connectivity index (χ3v) is 5.69. The molecule has 0 unspecified atom stereocenters. The zero-order valence-electron chi connectivity index (χ0n) is 22.7. The molecule has 0 saturated carbocycles. The highest BCUT2D eigenvalue weighted by Crippen LogP contribution is 2.35. The number of allylic oxidation sites excluding steroid dienone is 1. The Morgan fingerprint density at radius 1 is 1.05 bits per heavy atom. The van der Waals surface area contributed by atoms with Crippen molar-refractivity contribution in [3.8, 4) is 23.0 Å². The Morgan fingerprint density at radius 2 is 1.82 bits per heavy atom. The topological polar surface area (TPSA) is 141 Å². The van der Waals surface area contributed by atoms with Crippen LogP contribution in [0.2, 0.25) is 0 Å². The predicted octanol–water partition coefficient (Wildman–Crippen LogP) is 3.74. The second-order valence-corrected chi connectivity index (χ2v) is 8.66. The number of rotatable bonds is 14. The molecule has 0 spiro atoms. The van der Waals surface area contributed by atoms with E-state index in [1.807, 2.05) is 6.92 Å². The standard InChI is InChI=1S/C29H32N2O9/c1-5-8-20-12-19(15-24(38-7-3)26(20)40-17-25(32)33)13-21-27(34)30-29(36)31(28(21)35)16-18-9-10-22(39-11-6-2)23(14-18)37-4/h5,9-10,12-15H,1,6-8,11,16-17H2,2-4H3,(H,32,33)(H,30,34,36)/b21-13+. The first-order valence-electron chi connectivity index (χ1n) is 12.7. The first-order chi connectivity index (χ1) is 19.2. The molecule has 2 aromatic carbocycles. The number of ether oxygens (including phenoxy) is 4. The molecule has 0 atom stereocenters. The maximum atomic E-state index is 13.4.